The molecule has 0 saturated carbocycles. The highest BCUT2D eigenvalue weighted by molar-refractivity contribution is 7.92. The molecule has 0 aliphatic carbocycles. The van der Waals surface area contributed by atoms with E-state index in [1.807, 2.05) is 31.2 Å². The first kappa shape index (κ1) is 19.5. The number of anilines is 2. The van der Waals surface area contributed by atoms with Gasteiger partial charge in [-0.15, -0.1) is 0 Å². The quantitative estimate of drug-likeness (QED) is 0.525. The maximum Gasteiger partial charge on any atom is 0.315 e. The van der Waals surface area contributed by atoms with Gasteiger partial charge in [0.15, 0.2) is 0 Å². The second-order valence-corrected chi connectivity index (χ2v) is 7.51. The average molecular weight is 377 g/mol. The Bertz CT molecular complexity index is 827. The monoisotopic (exact) mass is 377 g/mol. The highest BCUT2D eigenvalue weighted by atomic mass is 32.2. The van der Waals surface area contributed by atoms with Crippen molar-refractivity contribution >= 4 is 27.6 Å². The van der Waals surface area contributed by atoms with Crippen LogP contribution in [0.2, 0.25) is 0 Å². The zero-order valence-corrected chi connectivity index (χ0v) is 15.5. The van der Waals surface area contributed by atoms with Gasteiger partial charge in [0.2, 0.25) is 10.0 Å². The summed E-state index contributed by atoms with van der Waals surface area (Å²) in [5.74, 6) is 0.748. The van der Waals surface area contributed by atoms with Gasteiger partial charge in [0.05, 0.1) is 12.3 Å². The third kappa shape index (κ3) is 6.98. The summed E-state index contributed by atoms with van der Waals surface area (Å²) in [5, 5.41) is 8.66. The van der Waals surface area contributed by atoms with Crippen LogP contribution < -0.4 is 20.7 Å². The second-order valence-electron chi connectivity index (χ2n) is 5.76. The molecule has 1 atom stereocenters. The molecule has 0 fully saturated rings. The van der Waals surface area contributed by atoms with Gasteiger partial charge in [-0.3, -0.25) is 4.72 Å². The highest BCUT2D eigenvalue weighted by Gasteiger charge is 2.10. The molecule has 2 rings (SSSR count). The molecule has 0 aliphatic rings. The lowest BCUT2D eigenvalue weighted by molar-refractivity contribution is 0.238. The number of aromatic nitrogens is 1. The largest absolute Gasteiger partial charge is 0.368 e. The zero-order chi connectivity index (χ0) is 19.0. The van der Waals surface area contributed by atoms with Gasteiger partial charge in [-0.1, -0.05) is 18.2 Å². The van der Waals surface area contributed by atoms with E-state index in [9.17, 15) is 13.2 Å². The minimum Gasteiger partial charge on any atom is -0.368 e. The van der Waals surface area contributed by atoms with E-state index in [0.29, 0.717) is 18.8 Å². The summed E-state index contributed by atoms with van der Waals surface area (Å²) in [6.45, 7) is 2.81. The lowest BCUT2D eigenvalue weighted by Gasteiger charge is -2.16. The van der Waals surface area contributed by atoms with Crippen LogP contribution in [0, 0.1) is 0 Å². The van der Waals surface area contributed by atoms with Crippen LogP contribution >= 0.6 is 0 Å². The SMILES string of the molecule is C[C@@H](NC(=O)NCCNc1ccccn1)c1cccc(NS(C)(=O)=O)c1. The summed E-state index contributed by atoms with van der Waals surface area (Å²) < 4.78 is 25.0. The molecule has 2 aromatic rings. The van der Waals surface area contributed by atoms with Crippen molar-refractivity contribution in [2.45, 2.75) is 13.0 Å². The van der Waals surface area contributed by atoms with Gasteiger partial charge in [0, 0.05) is 25.0 Å². The summed E-state index contributed by atoms with van der Waals surface area (Å²) >= 11 is 0. The first-order valence-electron chi connectivity index (χ1n) is 8.10. The summed E-state index contributed by atoms with van der Waals surface area (Å²) in [5.41, 5.74) is 1.25. The highest BCUT2D eigenvalue weighted by Crippen LogP contribution is 2.18. The Hall–Kier alpha value is -2.81. The predicted octanol–water partition coefficient (Wildman–Crippen LogP) is 1.93. The molecular formula is C17H23N5O3S. The number of carbonyl (C=O) groups is 1. The molecule has 2 amide bonds. The molecular weight excluding hydrogens is 354 g/mol. The predicted molar refractivity (Wildman–Crippen MR) is 103 cm³/mol. The maximum absolute atomic E-state index is 12.0. The molecule has 1 aromatic heterocycles. The molecule has 1 heterocycles. The van der Waals surface area contributed by atoms with Crippen LogP contribution in [0.15, 0.2) is 48.7 Å². The van der Waals surface area contributed by atoms with Gasteiger partial charge in [0.1, 0.15) is 5.82 Å². The molecule has 0 unspecified atom stereocenters. The second kappa shape index (κ2) is 9.04. The fraction of sp³-hybridized carbons (Fsp3) is 0.294. The van der Waals surface area contributed by atoms with E-state index < -0.39 is 10.0 Å². The first-order valence-corrected chi connectivity index (χ1v) is 9.99. The minimum absolute atomic E-state index is 0.278. The number of nitrogens with zero attached hydrogens (tertiary/aromatic N) is 1. The van der Waals surface area contributed by atoms with Crippen molar-refractivity contribution in [1.82, 2.24) is 15.6 Å². The number of urea groups is 1. The van der Waals surface area contributed by atoms with Crippen LogP contribution in [0.3, 0.4) is 0 Å². The van der Waals surface area contributed by atoms with Crippen LogP contribution in [0.1, 0.15) is 18.5 Å². The number of hydrogen-bond acceptors (Lipinski definition) is 5. The first-order chi connectivity index (χ1) is 12.3. The molecule has 4 N–H and O–H groups in total. The summed E-state index contributed by atoms with van der Waals surface area (Å²) in [6, 6.07) is 11.9. The van der Waals surface area contributed by atoms with Crippen molar-refractivity contribution in [1.29, 1.82) is 0 Å². The fourth-order valence-electron chi connectivity index (χ4n) is 2.25. The van der Waals surface area contributed by atoms with E-state index in [1.165, 1.54) is 0 Å². The molecule has 0 aliphatic heterocycles. The van der Waals surface area contributed by atoms with Crippen LogP contribution in [0.25, 0.3) is 0 Å². The zero-order valence-electron chi connectivity index (χ0n) is 14.7. The summed E-state index contributed by atoms with van der Waals surface area (Å²) in [6.07, 6.45) is 2.78. The van der Waals surface area contributed by atoms with E-state index >= 15 is 0 Å². The van der Waals surface area contributed by atoms with Crippen LogP contribution in [-0.4, -0.2) is 38.8 Å². The number of pyridine rings is 1. The van der Waals surface area contributed by atoms with Gasteiger partial charge in [-0.2, -0.15) is 0 Å². The Labute approximate surface area is 153 Å². The van der Waals surface area contributed by atoms with Crippen molar-refractivity contribution in [3.8, 4) is 0 Å². The molecule has 26 heavy (non-hydrogen) atoms. The molecule has 8 nitrogen and oxygen atoms in total. The van der Waals surface area contributed by atoms with Crippen LogP contribution in [0.4, 0.5) is 16.3 Å². The summed E-state index contributed by atoms with van der Waals surface area (Å²) in [4.78, 5) is 16.1. The van der Waals surface area contributed by atoms with Crippen molar-refractivity contribution in [2.75, 3.05) is 29.4 Å². The lowest BCUT2D eigenvalue weighted by Crippen LogP contribution is -2.39. The minimum atomic E-state index is -3.34. The smallest absolute Gasteiger partial charge is 0.315 e. The molecule has 9 heteroatoms. The molecule has 140 valence electrons. The number of amides is 2. The summed E-state index contributed by atoms with van der Waals surface area (Å²) in [7, 11) is -3.34. The van der Waals surface area contributed by atoms with E-state index in [1.54, 1.807) is 24.4 Å². The average Bonchev–Trinajstić information content (AvgIpc) is 2.58. The number of benzene rings is 1. The lowest BCUT2D eigenvalue weighted by atomic mass is 10.1. The van der Waals surface area contributed by atoms with Gasteiger partial charge in [0.25, 0.3) is 0 Å². The van der Waals surface area contributed by atoms with E-state index in [-0.39, 0.29) is 12.1 Å². The van der Waals surface area contributed by atoms with Crippen molar-refractivity contribution in [3.63, 3.8) is 0 Å². The molecule has 0 saturated heterocycles. The standard InChI is InChI=1S/C17H23N5O3S/c1-13(14-6-5-7-15(12-14)22-26(2,24)25)21-17(23)20-11-10-19-16-8-3-4-9-18-16/h3-9,12-13,22H,10-11H2,1-2H3,(H,18,19)(H2,20,21,23)/t13-/m1/s1. The van der Waals surface area contributed by atoms with Crippen LogP contribution in [0.5, 0.6) is 0 Å². The number of carbonyl (C=O) groups excluding carboxylic acids is 1. The van der Waals surface area contributed by atoms with Crippen molar-refractivity contribution in [2.24, 2.45) is 0 Å². The van der Waals surface area contributed by atoms with E-state index in [2.05, 4.69) is 25.7 Å². The Kier molecular flexibility index (Phi) is 6.79. The van der Waals surface area contributed by atoms with Crippen molar-refractivity contribution in [3.05, 3.63) is 54.2 Å². The number of hydrogen-bond donors (Lipinski definition) is 4. The van der Waals surface area contributed by atoms with Gasteiger partial charge in [-0.25, -0.2) is 18.2 Å². The van der Waals surface area contributed by atoms with Crippen molar-refractivity contribution < 1.29 is 13.2 Å². The Morgan fingerprint density at radius 1 is 1.15 bits per heavy atom. The third-order valence-electron chi connectivity index (χ3n) is 3.42. The molecule has 0 radical (unpaired) electrons. The Morgan fingerprint density at radius 2 is 1.96 bits per heavy atom. The van der Waals surface area contributed by atoms with E-state index in [4.69, 9.17) is 0 Å². The number of rotatable bonds is 8. The third-order valence-corrected chi connectivity index (χ3v) is 4.03. The van der Waals surface area contributed by atoms with Gasteiger partial charge in [-0.05, 0) is 36.8 Å². The molecule has 0 spiro atoms. The maximum atomic E-state index is 12.0. The molecule has 1 aromatic carbocycles. The normalized spacial score (nSPS) is 12.1. The molecule has 0 bridgehead atoms. The Balaban J connectivity index is 1.78. The number of nitrogens with one attached hydrogen (secondary N) is 4. The van der Waals surface area contributed by atoms with Gasteiger partial charge < -0.3 is 16.0 Å². The Morgan fingerprint density at radius 3 is 2.65 bits per heavy atom. The van der Waals surface area contributed by atoms with Gasteiger partial charge >= 0.3 is 6.03 Å². The number of sulfonamides is 1. The fourth-order valence-corrected chi connectivity index (χ4v) is 2.81. The topological polar surface area (TPSA) is 112 Å². The van der Waals surface area contributed by atoms with E-state index in [0.717, 1.165) is 17.6 Å². The van der Waals surface area contributed by atoms with Crippen LogP contribution in [-0.2, 0) is 10.0 Å².